The minimum atomic E-state index is -2.91. The Morgan fingerprint density at radius 2 is 1.96 bits per heavy atom. The van der Waals surface area contributed by atoms with E-state index in [1.54, 1.807) is 17.7 Å². The summed E-state index contributed by atoms with van der Waals surface area (Å²) in [6.07, 6.45) is 0.304. The first-order valence-electron chi connectivity index (χ1n) is 7.73. The average molecular weight is 376 g/mol. The maximum Gasteiger partial charge on any atom is 0.314 e. The Balaban J connectivity index is 1.70. The number of benzene rings is 1. The molecule has 0 aliphatic carbocycles. The zero-order valence-corrected chi connectivity index (χ0v) is 13.8. The van der Waals surface area contributed by atoms with Crippen LogP contribution in [0.25, 0.3) is 22.8 Å². The summed E-state index contributed by atoms with van der Waals surface area (Å²) in [5.41, 5.74) is 0.557. The number of rotatable bonds is 5. The summed E-state index contributed by atoms with van der Waals surface area (Å²) in [6.45, 7) is 1.93. The van der Waals surface area contributed by atoms with E-state index in [0.29, 0.717) is 23.1 Å². The third kappa shape index (κ3) is 3.43. The zero-order valence-electron chi connectivity index (χ0n) is 13.8. The van der Waals surface area contributed by atoms with Crippen molar-refractivity contribution in [3.63, 3.8) is 0 Å². The Kier molecular flexibility index (Phi) is 4.18. The highest BCUT2D eigenvalue weighted by molar-refractivity contribution is 5.65. The summed E-state index contributed by atoms with van der Waals surface area (Å²) in [5, 5.41) is 10.6. The van der Waals surface area contributed by atoms with Gasteiger partial charge in [0.05, 0.1) is 6.54 Å². The molecule has 8 nitrogen and oxygen atoms in total. The summed E-state index contributed by atoms with van der Waals surface area (Å²) in [5.74, 6) is -0.369. The van der Waals surface area contributed by atoms with Gasteiger partial charge in [-0.15, -0.1) is 10.2 Å². The van der Waals surface area contributed by atoms with E-state index in [9.17, 15) is 13.2 Å². The molecule has 0 N–H and O–H groups in total. The highest BCUT2D eigenvalue weighted by Crippen LogP contribution is 2.28. The van der Waals surface area contributed by atoms with Crippen LogP contribution in [0.4, 0.5) is 13.2 Å². The second-order valence-electron chi connectivity index (χ2n) is 5.58. The number of hydrogen-bond acceptors (Lipinski definition) is 7. The van der Waals surface area contributed by atoms with E-state index in [2.05, 4.69) is 25.3 Å². The van der Waals surface area contributed by atoms with Gasteiger partial charge in [-0.1, -0.05) is 5.16 Å². The highest BCUT2D eigenvalue weighted by Gasteiger charge is 2.19. The molecule has 11 heteroatoms. The molecule has 0 saturated heterocycles. The molecule has 138 valence electrons. The first-order valence-corrected chi connectivity index (χ1v) is 7.73. The Morgan fingerprint density at radius 3 is 2.67 bits per heavy atom. The third-order valence-corrected chi connectivity index (χ3v) is 3.63. The number of aryl methyl sites for hydroxylation is 1. The van der Waals surface area contributed by atoms with E-state index >= 15 is 0 Å². The van der Waals surface area contributed by atoms with Gasteiger partial charge in [0.15, 0.2) is 5.82 Å². The van der Waals surface area contributed by atoms with Crippen LogP contribution in [0.3, 0.4) is 0 Å². The molecule has 0 atom stereocenters. The predicted octanol–water partition coefficient (Wildman–Crippen LogP) is 3.42. The second-order valence-corrected chi connectivity index (χ2v) is 5.58. The molecule has 0 aliphatic heterocycles. The maximum absolute atomic E-state index is 14.1. The lowest BCUT2D eigenvalue weighted by Gasteiger charge is -2.07. The van der Waals surface area contributed by atoms with Crippen LogP contribution >= 0.6 is 0 Å². The first kappa shape index (κ1) is 16.9. The van der Waals surface area contributed by atoms with Crippen molar-refractivity contribution >= 4 is 0 Å². The van der Waals surface area contributed by atoms with Gasteiger partial charge in [0.2, 0.25) is 11.8 Å². The van der Waals surface area contributed by atoms with Crippen molar-refractivity contribution in [3.05, 3.63) is 54.0 Å². The van der Waals surface area contributed by atoms with E-state index in [-0.39, 0.29) is 18.0 Å². The molecule has 0 spiro atoms. The van der Waals surface area contributed by atoms with Gasteiger partial charge in [-0.3, -0.25) is 0 Å². The van der Waals surface area contributed by atoms with Crippen LogP contribution in [0.2, 0.25) is 0 Å². The van der Waals surface area contributed by atoms with Gasteiger partial charge >= 0.3 is 6.43 Å². The Hall–Kier alpha value is -3.50. The molecule has 4 rings (SSSR count). The van der Waals surface area contributed by atoms with E-state index < -0.39 is 18.1 Å². The maximum atomic E-state index is 14.1. The van der Waals surface area contributed by atoms with Crippen molar-refractivity contribution in [2.75, 3.05) is 0 Å². The number of aromatic nitrogens is 6. The van der Waals surface area contributed by atoms with Crippen LogP contribution in [0.5, 0.6) is 0 Å². The van der Waals surface area contributed by atoms with Gasteiger partial charge in [-0.05, 0) is 18.2 Å². The van der Waals surface area contributed by atoms with Crippen molar-refractivity contribution in [3.8, 4) is 22.8 Å². The number of imidazole rings is 1. The zero-order chi connectivity index (χ0) is 19.0. The average Bonchev–Trinajstić information content (AvgIpc) is 3.35. The Bertz CT molecular complexity index is 1090. The molecule has 0 radical (unpaired) electrons. The quantitative estimate of drug-likeness (QED) is 0.527. The molecule has 0 aliphatic rings. The van der Waals surface area contributed by atoms with Gasteiger partial charge in [0, 0.05) is 30.4 Å². The smallest absolute Gasteiger partial charge is 0.314 e. The second kappa shape index (κ2) is 6.67. The van der Waals surface area contributed by atoms with Crippen molar-refractivity contribution < 1.29 is 22.1 Å². The summed E-state index contributed by atoms with van der Waals surface area (Å²) >= 11 is 0. The molecule has 4 aromatic rings. The van der Waals surface area contributed by atoms with E-state index in [0.717, 1.165) is 6.07 Å². The summed E-state index contributed by atoms with van der Waals surface area (Å²) in [4.78, 5) is 8.34. The number of hydrogen-bond donors (Lipinski definition) is 0. The van der Waals surface area contributed by atoms with Crippen LogP contribution in [0, 0.1) is 12.7 Å². The van der Waals surface area contributed by atoms with Gasteiger partial charge in [-0.25, -0.2) is 9.37 Å². The van der Waals surface area contributed by atoms with Gasteiger partial charge in [0.1, 0.15) is 11.6 Å². The molecule has 27 heavy (non-hydrogen) atoms. The summed E-state index contributed by atoms with van der Waals surface area (Å²) < 4.78 is 50.9. The highest BCUT2D eigenvalue weighted by atomic mass is 19.3. The normalized spacial score (nSPS) is 11.4. The lowest BCUT2D eigenvalue weighted by atomic mass is 10.1. The van der Waals surface area contributed by atoms with E-state index in [1.165, 1.54) is 18.3 Å². The number of halogens is 3. The van der Waals surface area contributed by atoms with Crippen LogP contribution < -0.4 is 0 Å². The predicted molar refractivity (Wildman–Crippen MR) is 84.0 cm³/mol. The fourth-order valence-electron chi connectivity index (χ4n) is 2.54. The summed E-state index contributed by atoms with van der Waals surface area (Å²) in [6, 6.07) is 3.89. The molecular weight excluding hydrogens is 365 g/mol. The van der Waals surface area contributed by atoms with E-state index in [1.807, 2.05) is 0 Å². The van der Waals surface area contributed by atoms with Crippen LogP contribution in [-0.4, -0.2) is 29.9 Å². The summed E-state index contributed by atoms with van der Waals surface area (Å²) in [7, 11) is 0. The lowest BCUT2D eigenvalue weighted by Crippen LogP contribution is -2.03. The number of nitrogens with zero attached hydrogens (tertiary/aromatic N) is 6. The fourth-order valence-corrected chi connectivity index (χ4v) is 2.54. The van der Waals surface area contributed by atoms with Crippen LogP contribution in [-0.2, 0) is 6.54 Å². The molecule has 0 bridgehead atoms. The molecular formula is C16H11F3N6O2. The molecule has 0 amide bonds. The van der Waals surface area contributed by atoms with Crippen LogP contribution in [0.1, 0.15) is 24.0 Å². The molecule has 0 unspecified atom stereocenters. The Morgan fingerprint density at radius 1 is 1.15 bits per heavy atom. The van der Waals surface area contributed by atoms with Gasteiger partial charge < -0.3 is 13.5 Å². The topological polar surface area (TPSA) is 95.7 Å². The van der Waals surface area contributed by atoms with Crippen molar-refractivity contribution in [2.24, 2.45) is 0 Å². The molecule has 0 saturated carbocycles. The lowest BCUT2D eigenvalue weighted by molar-refractivity contribution is 0.116. The standard InChI is InChI=1S/C16H11F3N6O2/c1-8-21-12(24-27-8)7-25-3-2-20-14(25)9-4-10(6-11(17)5-9)15-22-23-16(26-15)13(18)19/h2-6,13H,7H2,1H3. The molecule has 3 aromatic heterocycles. The monoisotopic (exact) mass is 376 g/mol. The molecule has 3 heterocycles. The van der Waals surface area contributed by atoms with Gasteiger partial charge in [0.25, 0.3) is 5.89 Å². The number of alkyl halides is 2. The van der Waals surface area contributed by atoms with Crippen molar-refractivity contribution in [1.82, 2.24) is 29.9 Å². The van der Waals surface area contributed by atoms with Crippen molar-refractivity contribution in [1.29, 1.82) is 0 Å². The SMILES string of the molecule is Cc1nc(Cn2ccnc2-c2cc(F)cc(-c3nnc(C(F)F)o3)c2)no1. The minimum Gasteiger partial charge on any atom is -0.415 e. The van der Waals surface area contributed by atoms with Gasteiger partial charge in [-0.2, -0.15) is 13.8 Å². The Labute approximate surface area is 149 Å². The van der Waals surface area contributed by atoms with E-state index in [4.69, 9.17) is 8.94 Å². The minimum absolute atomic E-state index is 0.161. The fraction of sp³-hybridized carbons (Fsp3) is 0.188. The van der Waals surface area contributed by atoms with Crippen molar-refractivity contribution in [2.45, 2.75) is 19.9 Å². The largest absolute Gasteiger partial charge is 0.415 e. The van der Waals surface area contributed by atoms with Crippen LogP contribution in [0.15, 0.2) is 39.5 Å². The molecule has 0 fully saturated rings. The first-order chi connectivity index (χ1) is 13.0. The molecule has 1 aromatic carbocycles. The third-order valence-electron chi connectivity index (χ3n) is 3.63.